The lowest BCUT2D eigenvalue weighted by molar-refractivity contribution is 0.365. The van der Waals surface area contributed by atoms with E-state index in [0.717, 1.165) is 10.4 Å². The maximum atomic E-state index is 13.7. The maximum Gasteiger partial charge on any atom is 0.331 e. The second-order valence-corrected chi connectivity index (χ2v) is 14.8. The number of rotatable bonds is 9. The van der Waals surface area contributed by atoms with E-state index in [9.17, 15) is 4.57 Å². The quantitative estimate of drug-likeness (QED) is 0.343. The lowest BCUT2D eigenvalue weighted by Crippen LogP contribution is -2.66. The molecule has 0 heterocycles. The van der Waals surface area contributed by atoms with Gasteiger partial charge in [0.1, 0.15) is 0 Å². The van der Waals surface area contributed by atoms with Crippen LogP contribution in [-0.2, 0) is 8.78 Å². The zero-order valence-corrected chi connectivity index (χ0v) is 20.1. The predicted molar refractivity (Wildman–Crippen MR) is 124 cm³/mol. The molecule has 0 aromatic heterocycles. The molecule has 0 aliphatic heterocycles. The van der Waals surface area contributed by atoms with Gasteiger partial charge in [-0.05, 0) is 15.4 Å². The van der Waals surface area contributed by atoms with Crippen LogP contribution >= 0.6 is 30.9 Å². The lowest BCUT2D eigenvalue weighted by atomic mass is 10.2. The first-order chi connectivity index (χ1) is 13.2. The first-order valence-corrected chi connectivity index (χ1v) is 13.9. The third-order valence-electron chi connectivity index (χ3n) is 4.76. The van der Waals surface area contributed by atoms with Gasteiger partial charge in [0.15, 0.2) is 0 Å². The van der Waals surface area contributed by atoms with Crippen LogP contribution in [-0.4, -0.2) is 37.8 Å². The van der Waals surface area contributed by atoms with Gasteiger partial charge in [0.25, 0.3) is 8.32 Å². The van der Waals surface area contributed by atoms with Crippen molar-refractivity contribution in [2.24, 2.45) is 5.50 Å². The summed E-state index contributed by atoms with van der Waals surface area (Å²) in [7, 11) is -6.68. The predicted octanol–water partition coefficient (Wildman–Crippen LogP) is 4.41. The van der Waals surface area contributed by atoms with Crippen LogP contribution in [0.15, 0.2) is 60.7 Å². The molecule has 2 rings (SSSR count). The number of alkyl halides is 2. The van der Waals surface area contributed by atoms with Crippen LogP contribution in [0.5, 0.6) is 0 Å². The van der Waals surface area contributed by atoms with E-state index in [1.54, 1.807) is 4.67 Å². The molecule has 0 bridgehead atoms. The van der Waals surface area contributed by atoms with Crippen molar-refractivity contribution < 1.29 is 8.78 Å². The van der Waals surface area contributed by atoms with Crippen molar-refractivity contribution in [3.63, 3.8) is 0 Å². The van der Waals surface area contributed by atoms with Gasteiger partial charge in [0.2, 0.25) is 0 Å². The van der Waals surface area contributed by atoms with E-state index in [0.29, 0.717) is 24.8 Å². The van der Waals surface area contributed by atoms with Gasteiger partial charge >= 0.3 is 7.67 Å². The molecule has 1 atom stereocenters. The first kappa shape index (κ1) is 23.6. The zero-order valence-electron chi connectivity index (χ0n) is 16.6. The van der Waals surface area contributed by atoms with Crippen LogP contribution in [0.25, 0.3) is 0 Å². The molecule has 0 aliphatic rings. The van der Waals surface area contributed by atoms with Crippen LogP contribution in [0.3, 0.4) is 0 Å². The summed E-state index contributed by atoms with van der Waals surface area (Å²) in [5.41, 5.74) is 6.37. The van der Waals surface area contributed by atoms with Crippen molar-refractivity contribution in [2.45, 2.75) is 25.8 Å². The normalized spacial score (nSPS) is 14.8. The Hall–Kier alpha value is -0.653. The Morgan fingerprint density at radius 3 is 1.64 bits per heavy atom. The van der Waals surface area contributed by atoms with E-state index in [4.69, 9.17) is 32.9 Å². The highest BCUT2D eigenvalue weighted by Gasteiger charge is 2.54. The maximum absolute atomic E-state index is 13.7. The van der Waals surface area contributed by atoms with Crippen molar-refractivity contribution in [2.75, 3.05) is 24.8 Å². The molecule has 0 saturated carbocycles. The molecule has 0 saturated heterocycles. The second kappa shape index (κ2) is 9.90. The number of nitrogens with two attached hydrogens (primary N) is 1. The zero-order chi connectivity index (χ0) is 20.8. The molecule has 0 radical (unpaired) electrons. The van der Waals surface area contributed by atoms with E-state index in [2.05, 4.69) is 20.8 Å². The van der Waals surface area contributed by atoms with E-state index in [-0.39, 0.29) is 5.04 Å². The fourth-order valence-electron chi connectivity index (χ4n) is 3.46. The van der Waals surface area contributed by atoms with Crippen LogP contribution in [0.2, 0.25) is 5.04 Å². The molecule has 2 aromatic carbocycles. The second-order valence-electron chi connectivity index (χ2n) is 7.65. The number of benzene rings is 2. The van der Waals surface area contributed by atoms with Crippen LogP contribution < -0.4 is 15.9 Å². The van der Waals surface area contributed by atoms with Crippen molar-refractivity contribution >= 4 is 49.6 Å². The minimum Gasteiger partial charge on any atom is -0.338 e. The molecule has 2 N–H and O–H groups in total. The van der Waals surface area contributed by atoms with E-state index >= 15 is 0 Å². The molecule has 8 heteroatoms. The van der Waals surface area contributed by atoms with Gasteiger partial charge in [0, 0.05) is 24.8 Å². The Labute approximate surface area is 179 Å². The van der Waals surface area contributed by atoms with Gasteiger partial charge in [-0.2, -0.15) is 0 Å². The van der Waals surface area contributed by atoms with Gasteiger partial charge in [-0.3, -0.25) is 4.57 Å². The van der Waals surface area contributed by atoms with E-state index in [1.165, 1.54) is 0 Å². The third-order valence-corrected chi connectivity index (χ3v) is 12.8. The molecule has 0 amide bonds. The topological polar surface area (TPSA) is 55.6 Å². The highest BCUT2D eigenvalue weighted by Crippen LogP contribution is 2.50. The van der Waals surface area contributed by atoms with Gasteiger partial charge < -0.3 is 4.21 Å². The van der Waals surface area contributed by atoms with Crippen molar-refractivity contribution in [1.29, 1.82) is 0 Å². The van der Waals surface area contributed by atoms with Crippen LogP contribution in [0, 0.1) is 0 Å². The SMILES string of the molecule is CC(C)(C)[Si](OP(N)(=O)N(CCCl)CCCl)(c1ccccc1)c1ccccc1. The minimum atomic E-state index is -3.66. The van der Waals surface area contributed by atoms with Crippen molar-refractivity contribution in [3.8, 4) is 0 Å². The fraction of sp³-hybridized carbons (Fsp3) is 0.400. The summed E-state index contributed by atoms with van der Waals surface area (Å²) in [5, 5.41) is 1.73. The largest absolute Gasteiger partial charge is 0.338 e. The molecule has 4 nitrogen and oxygen atoms in total. The van der Waals surface area contributed by atoms with E-state index in [1.807, 2.05) is 60.7 Å². The summed E-state index contributed by atoms with van der Waals surface area (Å²) >= 11 is 11.9. The average Bonchev–Trinajstić information content (AvgIpc) is 2.66. The average molecular weight is 459 g/mol. The lowest BCUT2D eigenvalue weighted by Gasteiger charge is -2.45. The van der Waals surface area contributed by atoms with E-state index < -0.39 is 16.0 Å². The Morgan fingerprint density at radius 2 is 1.32 bits per heavy atom. The molecule has 0 aliphatic carbocycles. The number of nitrogens with zero attached hydrogens (tertiary/aromatic N) is 1. The van der Waals surface area contributed by atoms with Gasteiger partial charge in [-0.15, -0.1) is 23.2 Å². The standard InChI is InChI=1S/C20H29Cl2N2O2PSi/c1-20(2,3)28(18-10-6-4-7-11-18,19-12-8-5-9-13-19)26-27(23,25)24(16-14-21)17-15-22/h4-13H,14-17H2,1-3H3,(H2,23,25). The highest BCUT2D eigenvalue weighted by molar-refractivity contribution is 7.56. The molecule has 1 unspecified atom stereocenters. The molecule has 2 aromatic rings. The van der Waals surface area contributed by atoms with Crippen molar-refractivity contribution in [3.05, 3.63) is 60.7 Å². The number of hydrogen-bond acceptors (Lipinski definition) is 2. The summed E-state index contributed by atoms with van der Waals surface area (Å²) < 4.78 is 21.9. The molecular weight excluding hydrogens is 430 g/mol. The number of hydrogen-bond donors (Lipinski definition) is 1. The molecular formula is C20H29Cl2N2O2PSi. The van der Waals surface area contributed by atoms with Gasteiger partial charge in [0.05, 0.1) is 0 Å². The highest BCUT2D eigenvalue weighted by atomic mass is 35.5. The Kier molecular flexibility index (Phi) is 8.35. The smallest absolute Gasteiger partial charge is 0.331 e. The summed E-state index contributed by atoms with van der Waals surface area (Å²) in [6.07, 6.45) is 0. The molecule has 0 spiro atoms. The Bertz CT molecular complexity index is 742. The van der Waals surface area contributed by atoms with Gasteiger partial charge in [-0.1, -0.05) is 81.4 Å². The minimum absolute atomic E-state index is 0.294. The fourth-order valence-corrected chi connectivity index (χ4v) is 12.2. The summed E-state index contributed by atoms with van der Waals surface area (Å²) in [6.45, 7) is 7.05. The van der Waals surface area contributed by atoms with Crippen LogP contribution in [0.4, 0.5) is 0 Å². The van der Waals surface area contributed by atoms with Gasteiger partial charge in [-0.25, -0.2) is 10.2 Å². The molecule has 154 valence electrons. The number of halogens is 2. The summed E-state index contributed by atoms with van der Waals surface area (Å²) in [6, 6.07) is 20.0. The third kappa shape index (κ3) is 5.09. The van der Waals surface area contributed by atoms with Crippen molar-refractivity contribution in [1.82, 2.24) is 4.67 Å². The monoisotopic (exact) mass is 458 g/mol. The van der Waals surface area contributed by atoms with Crippen LogP contribution in [0.1, 0.15) is 20.8 Å². The molecule has 28 heavy (non-hydrogen) atoms. The Morgan fingerprint density at radius 1 is 0.929 bits per heavy atom. The first-order valence-electron chi connectivity index (χ1n) is 9.27. The summed E-state index contributed by atoms with van der Waals surface area (Å²) in [5.74, 6) is 0.588. The summed E-state index contributed by atoms with van der Waals surface area (Å²) in [4.78, 5) is 0. The Balaban J connectivity index is 2.69. The molecule has 0 fully saturated rings.